The maximum Gasteiger partial charge on any atom is 0.228 e. The van der Waals surface area contributed by atoms with Crippen LogP contribution in [0.2, 0.25) is 0 Å². The SMILES string of the molecule is CCCS(=O)(=O)NC1CC(=O)N(c2ccc(F)cc2)C1. The number of amides is 1. The van der Waals surface area contributed by atoms with Crippen molar-refractivity contribution in [2.24, 2.45) is 0 Å². The van der Waals surface area contributed by atoms with Crippen molar-refractivity contribution in [1.82, 2.24) is 4.72 Å². The van der Waals surface area contributed by atoms with Gasteiger partial charge < -0.3 is 4.90 Å². The summed E-state index contributed by atoms with van der Waals surface area (Å²) in [6, 6.07) is 5.14. The second kappa shape index (κ2) is 5.88. The fourth-order valence-corrected chi connectivity index (χ4v) is 3.56. The molecule has 1 unspecified atom stereocenters. The summed E-state index contributed by atoms with van der Waals surface area (Å²) < 4.78 is 38.8. The van der Waals surface area contributed by atoms with Crippen molar-refractivity contribution < 1.29 is 17.6 Å². The number of nitrogens with one attached hydrogen (secondary N) is 1. The first kappa shape index (κ1) is 14.9. The second-order valence-electron chi connectivity index (χ2n) is 4.82. The van der Waals surface area contributed by atoms with Gasteiger partial charge in [-0.2, -0.15) is 0 Å². The van der Waals surface area contributed by atoms with Gasteiger partial charge in [0.2, 0.25) is 15.9 Å². The van der Waals surface area contributed by atoms with Crippen molar-refractivity contribution in [1.29, 1.82) is 0 Å². The van der Waals surface area contributed by atoms with E-state index in [0.717, 1.165) is 0 Å². The number of rotatable bonds is 5. The quantitative estimate of drug-likeness (QED) is 0.890. The van der Waals surface area contributed by atoms with Crippen LogP contribution in [-0.4, -0.2) is 32.7 Å². The van der Waals surface area contributed by atoms with E-state index < -0.39 is 16.1 Å². The molecule has 1 aliphatic rings. The molecule has 0 bridgehead atoms. The van der Waals surface area contributed by atoms with E-state index in [0.29, 0.717) is 12.1 Å². The first-order valence-corrected chi connectivity index (χ1v) is 8.12. The number of hydrogen-bond acceptors (Lipinski definition) is 3. The summed E-state index contributed by atoms with van der Waals surface area (Å²) in [6.07, 6.45) is 0.651. The predicted octanol–water partition coefficient (Wildman–Crippen LogP) is 1.26. The van der Waals surface area contributed by atoms with Crippen molar-refractivity contribution in [3.8, 4) is 0 Å². The van der Waals surface area contributed by atoms with Crippen molar-refractivity contribution >= 4 is 21.6 Å². The van der Waals surface area contributed by atoms with Crippen molar-refractivity contribution in [2.75, 3.05) is 17.2 Å². The Labute approximate surface area is 117 Å². The van der Waals surface area contributed by atoms with Crippen LogP contribution in [0, 0.1) is 5.82 Å². The lowest BCUT2D eigenvalue weighted by Gasteiger charge is -2.17. The summed E-state index contributed by atoms with van der Waals surface area (Å²) in [7, 11) is -3.34. The third-order valence-corrected chi connectivity index (χ3v) is 4.72. The highest BCUT2D eigenvalue weighted by Crippen LogP contribution is 2.22. The molecule has 0 saturated carbocycles. The number of sulfonamides is 1. The molecule has 1 aromatic carbocycles. The first-order chi connectivity index (χ1) is 9.41. The highest BCUT2D eigenvalue weighted by atomic mass is 32.2. The molecular weight excluding hydrogens is 283 g/mol. The van der Waals surface area contributed by atoms with E-state index in [4.69, 9.17) is 0 Å². The van der Waals surface area contributed by atoms with Gasteiger partial charge in [0.15, 0.2) is 0 Å². The molecule has 1 atom stereocenters. The summed E-state index contributed by atoms with van der Waals surface area (Å²) in [5.41, 5.74) is 0.577. The molecule has 1 N–H and O–H groups in total. The number of benzene rings is 1. The van der Waals surface area contributed by atoms with Crippen LogP contribution in [-0.2, 0) is 14.8 Å². The van der Waals surface area contributed by atoms with E-state index in [1.807, 2.05) is 0 Å². The maximum atomic E-state index is 12.9. The van der Waals surface area contributed by atoms with Crippen LogP contribution in [0.3, 0.4) is 0 Å². The average Bonchev–Trinajstić information content (AvgIpc) is 2.70. The standard InChI is InChI=1S/C13H17FN2O3S/c1-2-7-20(18,19)15-11-8-13(17)16(9-11)12-5-3-10(14)4-6-12/h3-6,11,15H,2,7-9H2,1H3. The Morgan fingerprint density at radius 2 is 2.00 bits per heavy atom. The smallest absolute Gasteiger partial charge is 0.228 e. The Kier molecular flexibility index (Phi) is 4.39. The van der Waals surface area contributed by atoms with Gasteiger partial charge in [0.1, 0.15) is 5.82 Å². The van der Waals surface area contributed by atoms with Gasteiger partial charge in [-0.25, -0.2) is 17.5 Å². The van der Waals surface area contributed by atoms with Crippen LogP contribution in [0.5, 0.6) is 0 Å². The van der Waals surface area contributed by atoms with Crippen LogP contribution in [0.1, 0.15) is 19.8 Å². The van der Waals surface area contributed by atoms with Crippen molar-refractivity contribution in [2.45, 2.75) is 25.8 Å². The molecular formula is C13H17FN2O3S. The third-order valence-electron chi connectivity index (χ3n) is 3.08. The number of anilines is 1. The molecule has 1 amide bonds. The molecule has 0 spiro atoms. The van der Waals surface area contributed by atoms with Gasteiger partial charge in [-0.15, -0.1) is 0 Å². The fraction of sp³-hybridized carbons (Fsp3) is 0.462. The van der Waals surface area contributed by atoms with E-state index in [1.165, 1.54) is 29.2 Å². The Bertz CT molecular complexity index is 586. The van der Waals surface area contributed by atoms with E-state index in [-0.39, 0.29) is 30.4 Å². The molecule has 0 aliphatic carbocycles. The van der Waals surface area contributed by atoms with E-state index in [1.54, 1.807) is 6.92 Å². The Balaban J connectivity index is 2.06. The van der Waals surface area contributed by atoms with E-state index in [9.17, 15) is 17.6 Å². The van der Waals surface area contributed by atoms with Crippen LogP contribution in [0.4, 0.5) is 10.1 Å². The number of carbonyl (C=O) groups excluding carboxylic acids is 1. The molecule has 1 aromatic rings. The molecule has 1 fully saturated rings. The minimum Gasteiger partial charge on any atom is -0.311 e. The normalized spacial score (nSPS) is 19.6. The molecule has 20 heavy (non-hydrogen) atoms. The number of hydrogen-bond donors (Lipinski definition) is 1. The zero-order chi connectivity index (χ0) is 14.8. The van der Waals surface area contributed by atoms with Crippen LogP contribution in [0.25, 0.3) is 0 Å². The average molecular weight is 300 g/mol. The molecule has 0 aromatic heterocycles. The van der Waals surface area contributed by atoms with Gasteiger partial charge >= 0.3 is 0 Å². The molecule has 2 rings (SSSR count). The number of halogens is 1. The highest BCUT2D eigenvalue weighted by Gasteiger charge is 2.32. The summed E-state index contributed by atoms with van der Waals surface area (Å²) >= 11 is 0. The lowest BCUT2D eigenvalue weighted by atomic mass is 10.3. The zero-order valence-corrected chi connectivity index (χ0v) is 12.0. The second-order valence-corrected chi connectivity index (χ2v) is 6.69. The van der Waals surface area contributed by atoms with Crippen LogP contribution >= 0.6 is 0 Å². The summed E-state index contributed by atoms with van der Waals surface area (Å²) in [6.45, 7) is 2.05. The van der Waals surface area contributed by atoms with Crippen LogP contribution < -0.4 is 9.62 Å². The minimum absolute atomic E-state index is 0.0498. The van der Waals surface area contributed by atoms with Gasteiger partial charge in [-0.05, 0) is 30.7 Å². The summed E-state index contributed by atoms with van der Waals surface area (Å²) in [5.74, 6) is -0.491. The molecule has 5 nitrogen and oxygen atoms in total. The van der Waals surface area contributed by atoms with Gasteiger partial charge in [-0.3, -0.25) is 4.79 Å². The van der Waals surface area contributed by atoms with Crippen molar-refractivity contribution in [3.63, 3.8) is 0 Å². The number of nitrogens with zero attached hydrogens (tertiary/aromatic N) is 1. The first-order valence-electron chi connectivity index (χ1n) is 6.47. The lowest BCUT2D eigenvalue weighted by Crippen LogP contribution is -2.38. The molecule has 7 heteroatoms. The Morgan fingerprint density at radius 3 is 2.60 bits per heavy atom. The maximum absolute atomic E-state index is 12.9. The summed E-state index contributed by atoms with van der Waals surface area (Å²) in [4.78, 5) is 13.4. The van der Waals surface area contributed by atoms with Crippen LogP contribution in [0.15, 0.2) is 24.3 Å². The highest BCUT2D eigenvalue weighted by molar-refractivity contribution is 7.89. The van der Waals surface area contributed by atoms with Crippen molar-refractivity contribution in [3.05, 3.63) is 30.1 Å². The largest absolute Gasteiger partial charge is 0.311 e. The molecule has 0 radical (unpaired) electrons. The monoisotopic (exact) mass is 300 g/mol. The van der Waals surface area contributed by atoms with E-state index in [2.05, 4.69) is 4.72 Å². The summed E-state index contributed by atoms with van der Waals surface area (Å²) in [5, 5.41) is 0. The Morgan fingerprint density at radius 1 is 1.35 bits per heavy atom. The topological polar surface area (TPSA) is 66.5 Å². The minimum atomic E-state index is -3.34. The van der Waals surface area contributed by atoms with Gasteiger partial charge in [0.25, 0.3) is 0 Å². The third kappa shape index (κ3) is 3.55. The molecule has 1 aliphatic heterocycles. The lowest BCUT2D eigenvalue weighted by molar-refractivity contribution is -0.117. The van der Waals surface area contributed by atoms with Gasteiger partial charge in [-0.1, -0.05) is 6.92 Å². The molecule has 1 heterocycles. The molecule has 110 valence electrons. The zero-order valence-electron chi connectivity index (χ0n) is 11.2. The van der Waals surface area contributed by atoms with E-state index >= 15 is 0 Å². The number of carbonyl (C=O) groups is 1. The van der Waals surface area contributed by atoms with Gasteiger partial charge in [0.05, 0.1) is 5.75 Å². The Hall–Kier alpha value is -1.47. The fourth-order valence-electron chi connectivity index (χ4n) is 2.24. The predicted molar refractivity (Wildman–Crippen MR) is 74.4 cm³/mol. The van der Waals surface area contributed by atoms with Gasteiger partial charge in [0, 0.05) is 24.7 Å². The molecule has 1 saturated heterocycles.